The van der Waals surface area contributed by atoms with Gasteiger partial charge >= 0.3 is 0 Å². The van der Waals surface area contributed by atoms with Crippen molar-refractivity contribution in [2.75, 3.05) is 0 Å². The normalized spacial score (nSPS) is 14.5. The highest BCUT2D eigenvalue weighted by Gasteiger charge is 2.39. The third-order valence-electron chi connectivity index (χ3n) is 14.4. The molecule has 0 fully saturated rings. The van der Waals surface area contributed by atoms with Crippen LogP contribution >= 0.6 is 0 Å². The lowest BCUT2D eigenvalue weighted by atomic mass is 9.79. The Kier molecular flexibility index (Phi) is 6.91. The largest absolute Gasteiger partial charge is 0.456 e. The first kappa shape index (κ1) is 34.6. The summed E-state index contributed by atoms with van der Waals surface area (Å²) in [5.41, 5.74) is 20.1. The number of furan rings is 1. The first-order valence-electron chi connectivity index (χ1n) is 21.6. The smallest absolute Gasteiger partial charge is 0.136 e. The van der Waals surface area contributed by atoms with Gasteiger partial charge in [0.1, 0.15) is 11.2 Å². The first-order valence-corrected chi connectivity index (χ1v) is 21.6. The molecular weight excluding hydrogens is 737 g/mol. The lowest BCUT2D eigenvalue weighted by Crippen LogP contribution is -2.15. The predicted octanol–water partition coefficient (Wildman–Crippen LogP) is 16.7. The molecule has 0 radical (unpaired) electrons. The molecule has 1 aromatic heterocycles. The maximum atomic E-state index is 6.30. The zero-order valence-electron chi connectivity index (χ0n) is 34.7. The minimum atomic E-state index is -0.181. The van der Waals surface area contributed by atoms with E-state index in [4.69, 9.17) is 4.42 Å². The summed E-state index contributed by atoms with van der Waals surface area (Å²) in [6.07, 6.45) is 0. The van der Waals surface area contributed by atoms with Crippen LogP contribution in [-0.2, 0) is 10.8 Å². The molecule has 11 aromatic rings. The summed E-state index contributed by atoms with van der Waals surface area (Å²) in [7, 11) is 0. The summed E-state index contributed by atoms with van der Waals surface area (Å²) in [4.78, 5) is 0. The Labute approximate surface area is 355 Å². The number of fused-ring (bicyclic) bond motifs is 13. The van der Waals surface area contributed by atoms with Crippen LogP contribution in [0.4, 0.5) is 0 Å². The molecule has 2 aliphatic rings. The maximum Gasteiger partial charge on any atom is 0.136 e. The zero-order valence-corrected chi connectivity index (χ0v) is 34.7. The molecule has 0 spiro atoms. The number of hydrogen-bond donors (Lipinski definition) is 0. The van der Waals surface area contributed by atoms with Gasteiger partial charge in [-0.05, 0) is 147 Å². The van der Waals surface area contributed by atoms with Gasteiger partial charge in [0.15, 0.2) is 0 Å². The fourth-order valence-corrected chi connectivity index (χ4v) is 11.5. The second kappa shape index (κ2) is 12.2. The number of para-hydroxylation sites is 1. The molecule has 1 heterocycles. The topological polar surface area (TPSA) is 13.1 Å². The molecular formula is C60H42O. The summed E-state index contributed by atoms with van der Waals surface area (Å²) in [5, 5.41) is 10.0. The van der Waals surface area contributed by atoms with Crippen LogP contribution in [0.3, 0.4) is 0 Å². The third kappa shape index (κ3) is 4.72. The van der Waals surface area contributed by atoms with E-state index in [1.807, 2.05) is 6.07 Å². The van der Waals surface area contributed by atoms with Gasteiger partial charge in [0.2, 0.25) is 0 Å². The van der Waals surface area contributed by atoms with Crippen LogP contribution in [0.2, 0.25) is 0 Å². The Balaban J connectivity index is 0.921. The van der Waals surface area contributed by atoms with Gasteiger partial charge in [-0.2, -0.15) is 0 Å². The average Bonchev–Trinajstić information content (AvgIpc) is 3.85. The Hall–Kier alpha value is -7.22. The molecule has 0 saturated carbocycles. The van der Waals surface area contributed by atoms with Crippen molar-refractivity contribution in [3.8, 4) is 55.6 Å². The van der Waals surface area contributed by atoms with Crippen molar-refractivity contribution < 1.29 is 4.42 Å². The van der Waals surface area contributed by atoms with Crippen LogP contribution < -0.4 is 0 Å². The van der Waals surface area contributed by atoms with Crippen LogP contribution in [0.15, 0.2) is 186 Å². The van der Waals surface area contributed by atoms with Gasteiger partial charge in [0.25, 0.3) is 0 Å². The van der Waals surface area contributed by atoms with Crippen LogP contribution in [-0.4, -0.2) is 0 Å². The highest BCUT2D eigenvalue weighted by atomic mass is 16.3. The second-order valence-corrected chi connectivity index (χ2v) is 18.4. The molecule has 0 N–H and O–H groups in total. The van der Waals surface area contributed by atoms with E-state index in [1.165, 1.54) is 121 Å². The molecule has 0 amide bonds. The molecule has 13 rings (SSSR count). The molecule has 61 heavy (non-hydrogen) atoms. The van der Waals surface area contributed by atoms with Crippen molar-refractivity contribution in [1.29, 1.82) is 0 Å². The van der Waals surface area contributed by atoms with E-state index in [1.54, 1.807) is 0 Å². The molecule has 288 valence electrons. The van der Waals surface area contributed by atoms with Crippen LogP contribution in [0.5, 0.6) is 0 Å². The lowest BCUT2D eigenvalue weighted by Gasteiger charge is -2.24. The fraction of sp³-hybridized carbons (Fsp3) is 0.100. The molecule has 0 aliphatic heterocycles. The molecule has 0 unspecified atom stereocenters. The zero-order chi connectivity index (χ0) is 40.8. The summed E-state index contributed by atoms with van der Waals surface area (Å²) in [6.45, 7) is 9.60. The lowest BCUT2D eigenvalue weighted by molar-refractivity contribution is 0.661. The summed E-state index contributed by atoms with van der Waals surface area (Å²) in [6, 6.07) is 68.0. The molecule has 0 saturated heterocycles. The summed E-state index contributed by atoms with van der Waals surface area (Å²) in [5.74, 6) is 0. The first-order chi connectivity index (χ1) is 29.8. The fourth-order valence-electron chi connectivity index (χ4n) is 11.5. The second-order valence-electron chi connectivity index (χ2n) is 18.4. The van der Waals surface area contributed by atoms with Crippen LogP contribution in [0.1, 0.15) is 49.9 Å². The van der Waals surface area contributed by atoms with Crippen molar-refractivity contribution in [3.05, 3.63) is 204 Å². The molecule has 2 aliphatic carbocycles. The van der Waals surface area contributed by atoms with Crippen molar-refractivity contribution in [1.82, 2.24) is 0 Å². The number of benzene rings is 10. The molecule has 10 aromatic carbocycles. The van der Waals surface area contributed by atoms with Gasteiger partial charge in [-0.15, -0.1) is 0 Å². The summed E-state index contributed by atoms with van der Waals surface area (Å²) >= 11 is 0. The quantitative estimate of drug-likeness (QED) is 0.163. The molecule has 0 atom stereocenters. The number of rotatable bonds is 3. The van der Waals surface area contributed by atoms with E-state index < -0.39 is 0 Å². The van der Waals surface area contributed by atoms with E-state index in [-0.39, 0.29) is 10.8 Å². The van der Waals surface area contributed by atoms with Crippen molar-refractivity contribution >= 4 is 54.3 Å². The molecule has 1 heteroatoms. The van der Waals surface area contributed by atoms with Gasteiger partial charge < -0.3 is 4.42 Å². The monoisotopic (exact) mass is 778 g/mol. The Bertz CT molecular complexity index is 3630. The molecule has 1 nitrogen and oxygen atoms in total. The van der Waals surface area contributed by atoms with Crippen molar-refractivity contribution in [2.24, 2.45) is 0 Å². The minimum absolute atomic E-state index is 0.145. The van der Waals surface area contributed by atoms with E-state index in [0.717, 1.165) is 11.2 Å². The van der Waals surface area contributed by atoms with Gasteiger partial charge in [0, 0.05) is 21.6 Å². The van der Waals surface area contributed by atoms with E-state index in [9.17, 15) is 0 Å². The maximum absolute atomic E-state index is 6.30. The van der Waals surface area contributed by atoms with Crippen LogP contribution in [0, 0.1) is 0 Å². The average molecular weight is 779 g/mol. The highest BCUT2D eigenvalue weighted by Crippen LogP contribution is 2.55. The Morgan fingerprint density at radius 1 is 0.311 bits per heavy atom. The van der Waals surface area contributed by atoms with Gasteiger partial charge in [-0.25, -0.2) is 0 Å². The van der Waals surface area contributed by atoms with Gasteiger partial charge in [-0.3, -0.25) is 0 Å². The SMILES string of the molecule is CC1(C)c2cc(-c3ccc4c(c3)-c3ccc5cc6oc7ccccc7c6cc5c3C4(C)C)ccc2-c2ccc(-c3c4ccccc4c(-c4ccccc4)c4ccccc34)cc21. The van der Waals surface area contributed by atoms with E-state index in [0.29, 0.717) is 0 Å². The Morgan fingerprint density at radius 3 is 1.54 bits per heavy atom. The van der Waals surface area contributed by atoms with Gasteiger partial charge in [0.05, 0.1) is 0 Å². The highest BCUT2D eigenvalue weighted by molar-refractivity contribution is 6.21. The Morgan fingerprint density at radius 2 is 0.852 bits per heavy atom. The predicted molar refractivity (Wildman–Crippen MR) is 258 cm³/mol. The standard InChI is InChI=1S/C60H42O/c1-59(2)52-31-37(36-25-29-51-49(30-36)47-28-23-38-33-55-50(34-48(38)58(47)60(51,3)4)42-16-12-13-21-54(42)61-55)22-26-40(52)41-27-24-39(32-53(41)59)57-45-19-10-8-17-43(45)56(35-14-6-5-7-15-35)44-18-9-11-20-46(44)57/h5-34H,1-4H3. The van der Waals surface area contributed by atoms with Gasteiger partial charge in [-0.1, -0.05) is 173 Å². The number of hydrogen-bond acceptors (Lipinski definition) is 1. The van der Waals surface area contributed by atoms with E-state index >= 15 is 0 Å². The third-order valence-corrected chi connectivity index (χ3v) is 14.4. The van der Waals surface area contributed by atoms with E-state index in [2.05, 4.69) is 204 Å². The summed E-state index contributed by atoms with van der Waals surface area (Å²) < 4.78 is 6.30. The molecule has 0 bridgehead atoms. The van der Waals surface area contributed by atoms with Crippen molar-refractivity contribution in [2.45, 2.75) is 38.5 Å². The minimum Gasteiger partial charge on any atom is -0.456 e. The van der Waals surface area contributed by atoms with Crippen molar-refractivity contribution in [3.63, 3.8) is 0 Å². The van der Waals surface area contributed by atoms with Crippen LogP contribution in [0.25, 0.3) is 110 Å².